The van der Waals surface area contributed by atoms with Crippen LogP contribution in [0.2, 0.25) is 0 Å². The van der Waals surface area contributed by atoms with Gasteiger partial charge in [0.1, 0.15) is 0 Å². The molecule has 0 aliphatic rings. The van der Waals surface area contributed by atoms with Crippen molar-refractivity contribution in [3.8, 4) is 0 Å². The van der Waals surface area contributed by atoms with Gasteiger partial charge < -0.3 is 5.32 Å². The fourth-order valence-corrected chi connectivity index (χ4v) is 2.59. The normalized spacial score (nSPS) is 12.3. The lowest BCUT2D eigenvalue weighted by Crippen LogP contribution is -2.19. The first-order valence-corrected chi connectivity index (χ1v) is 7.52. The first-order chi connectivity index (χ1) is 9.72. The van der Waals surface area contributed by atoms with Crippen LogP contribution in [0.3, 0.4) is 0 Å². The zero-order valence-electron chi connectivity index (χ0n) is 12.8. The molecular weight excluding hydrogens is 242 g/mol. The lowest BCUT2D eigenvalue weighted by molar-refractivity contribution is 0.625. The fourth-order valence-electron chi connectivity index (χ4n) is 2.59. The van der Waals surface area contributed by atoms with Gasteiger partial charge in [-0.2, -0.15) is 0 Å². The van der Waals surface area contributed by atoms with E-state index < -0.39 is 0 Å². The van der Waals surface area contributed by atoms with E-state index in [1.807, 2.05) is 7.05 Å². The summed E-state index contributed by atoms with van der Waals surface area (Å²) in [6.07, 6.45) is 2.20. The van der Waals surface area contributed by atoms with Crippen molar-refractivity contribution in [3.63, 3.8) is 0 Å². The predicted octanol–water partition coefficient (Wildman–Crippen LogP) is 4.10. The van der Waals surface area contributed by atoms with E-state index in [0.29, 0.717) is 5.92 Å². The molecule has 0 bridgehead atoms. The molecule has 2 rings (SSSR count). The summed E-state index contributed by atoms with van der Waals surface area (Å²) in [6, 6.07) is 18.0. The average Bonchev–Trinajstić information content (AvgIpc) is 2.48. The van der Waals surface area contributed by atoms with Gasteiger partial charge in [-0.1, -0.05) is 61.0 Å². The van der Waals surface area contributed by atoms with Crippen LogP contribution >= 0.6 is 0 Å². The Kier molecular flexibility index (Phi) is 5.37. The van der Waals surface area contributed by atoms with Crippen LogP contribution in [-0.4, -0.2) is 13.6 Å². The topological polar surface area (TPSA) is 12.0 Å². The van der Waals surface area contributed by atoms with Crippen molar-refractivity contribution in [3.05, 3.63) is 70.8 Å². The van der Waals surface area contributed by atoms with Gasteiger partial charge in [0, 0.05) is 12.5 Å². The quantitative estimate of drug-likeness (QED) is 0.830. The number of aryl methyl sites for hydroxylation is 2. The molecule has 106 valence electrons. The van der Waals surface area contributed by atoms with Gasteiger partial charge in [0.25, 0.3) is 0 Å². The Morgan fingerprint density at radius 2 is 1.50 bits per heavy atom. The summed E-state index contributed by atoms with van der Waals surface area (Å²) in [5.41, 5.74) is 5.58. The van der Waals surface area contributed by atoms with Gasteiger partial charge in [-0.05, 0) is 43.5 Å². The summed E-state index contributed by atoms with van der Waals surface area (Å²) in [7, 11) is 2.03. The zero-order chi connectivity index (χ0) is 14.4. The van der Waals surface area contributed by atoms with E-state index in [1.54, 1.807) is 0 Å². The van der Waals surface area contributed by atoms with E-state index in [2.05, 4.69) is 67.7 Å². The molecule has 0 heterocycles. The van der Waals surface area contributed by atoms with E-state index >= 15 is 0 Å². The average molecular weight is 267 g/mol. The zero-order valence-corrected chi connectivity index (χ0v) is 12.8. The largest absolute Gasteiger partial charge is 0.319 e. The molecule has 20 heavy (non-hydrogen) atoms. The molecule has 0 spiro atoms. The molecule has 0 fully saturated rings. The summed E-state index contributed by atoms with van der Waals surface area (Å²) in [6.45, 7) is 5.35. The smallest absolute Gasteiger partial charge is 0.00203 e. The molecular formula is C19H25N. The van der Waals surface area contributed by atoms with Crippen LogP contribution in [0, 0.1) is 6.92 Å². The third-order valence-corrected chi connectivity index (χ3v) is 3.91. The summed E-state index contributed by atoms with van der Waals surface area (Å²) in [5.74, 6) is 0.535. The summed E-state index contributed by atoms with van der Waals surface area (Å²) < 4.78 is 0. The molecule has 1 N–H and O–H groups in total. The van der Waals surface area contributed by atoms with Crippen LogP contribution in [0.5, 0.6) is 0 Å². The highest BCUT2D eigenvalue weighted by Crippen LogP contribution is 2.21. The molecule has 1 unspecified atom stereocenters. The van der Waals surface area contributed by atoms with E-state index in [4.69, 9.17) is 0 Å². The van der Waals surface area contributed by atoms with Gasteiger partial charge in [-0.3, -0.25) is 0 Å². The van der Waals surface area contributed by atoms with Gasteiger partial charge in [0.15, 0.2) is 0 Å². The Labute approximate surface area is 123 Å². The monoisotopic (exact) mass is 267 g/mol. The van der Waals surface area contributed by atoms with Crippen LogP contribution in [-0.2, 0) is 12.8 Å². The molecule has 0 aliphatic heterocycles. The lowest BCUT2D eigenvalue weighted by Gasteiger charge is -2.17. The third-order valence-electron chi connectivity index (χ3n) is 3.91. The molecule has 1 heteroatoms. The number of benzene rings is 2. The Morgan fingerprint density at radius 1 is 0.900 bits per heavy atom. The number of hydrogen-bond acceptors (Lipinski definition) is 1. The van der Waals surface area contributed by atoms with Crippen LogP contribution in [0.1, 0.15) is 35.1 Å². The van der Waals surface area contributed by atoms with Crippen molar-refractivity contribution >= 4 is 0 Å². The summed E-state index contributed by atoms with van der Waals surface area (Å²) >= 11 is 0. The molecule has 2 aromatic rings. The Morgan fingerprint density at radius 3 is 2.05 bits per heavy atom. The maximum absolute atomic E-state index is 3.32. The van der Waals surface area contributed by atoms with Gasteiger partial charge in [0.2, 0.25) is 0 Å². The van der Waals surface area contributed by atoms with Crippen molar-refractivity contribution in [2.45, 2.75) is 32.6 Å². The Hall–Kier alpha value is -1.60. The molecule has 2 aromatic carbocycles. The molecule has 0 aliphatic carbocycles. The SMILES string of the molecule is CCc1ccc(CC(CNC)c2ccc(C)cc2)cc1. The molecule has 0 saturated carbocycles. The maximum Gasteiger partial charge on any atom is 0.00203 e. The first kappa shape index (κ1) is 14.8. The van der Waals surface area contributed by atoms with E-state index in [-0.39, 0.29) is 0 Å². The van der Waals surface area contributed by atoms with Crippen molar-refractivity contribution < 1.29 is 0 Å². The highest BCUT2D eigenvalue weighted by molar-refractivity contribution is 5.29. The molecule has 1 nitrogen and oxygen atoms in total. The minimum atomic E-state index is 0.535. The van der Waals surface area contributed by atoms with Crippen LogP contribution in [0.4, 0.5) is 0 Å². The highest BCUT2D eigenvalue weighted by atomic mass is 14.8. The fraction of sp³-hybridized carbons (Fsp3) is 0.368. The van der Waals surface area contributed by atoms with E-state index in [9.17, 15) is 0 Å². The van der Waals surface area contributed by atoms with Crippen molar-refractivity contribution in [1.82, 2.24) is 5.32 Å². The molecule has 0 amide bonds. The number of hydrogen-bond donors (Lipinski definition) is 1. The summed E-state index contributed by atoms with van der Waals surface area (Å²) in [5, 5.41) is 3.32. The van der Waals surface area contributed by atoms with Gasteiger partial charge in [-0.15, -0.1) is 0 Å². The van der Waals surface area contributed by atoms with Crippen LogP contribution < -0.4 is 5.32 Å². The predicted molar refractivity (Wildman–Crippen MR) is 87.4 cm³/mol. The second kappa shape index (κ2) is 7.25. The summed E-state index contributed by atoms with van der Waals surface area (Å²) in [4.78, 5) is 0. The first-order valence-electron chi connectivity index (χ1n) is 7.52. The van der Waals surface area contributed by atoms with Crippen LogP contribution in [0.15, 0.2) is 48.5 Å². The molecule has 0 radical (unpaired) electrons. The standard InChI is InChI=1S/C19H25N/c1-4-16-7-9-17(10-8-16)13-19(14-20-3)18-11-5-15(2)6-12-18/h5-12,19-20H,4,13-14H2,1-3H3. The van der Waals surface area contributed by atoms with Crippen molar-refractivity contribution in [1.29, 1.82) is 0 Å². The number of nitrogens with one attached hydrogen (secondary N) is 1. The second-order valence-corrected chi connectivity index (χ2v) is 5.54. The van der Waals surface area contributed by atoms with Crippen LogP contribution in [0.25, 0.3) is 0 Å². The number of rotatable bonds is 6. The molecule has 1 atom stereocenters. The molecule has 0 aromatic heterocycles. The van der Waals surface area contributed by atoms with E-state index in [0.717, 1.165) is 19.4 Å². The minimum Gasteiger partial charge on any atom is -0.319 e. The Bertz CT molecular complexity index is 510. The minimum absolute atomic E-state index is 0.535. The number of likely N-dealkylation sites (N-methyl/N-ethyl adjacent to an activating group) is 1. The molecule has 0 saturated heterocycles. The highest BCUT2D eigenvalue weighted by Gasteiger charge is 2.11. The third kappa shape index (κ3) is 3.94. The van der Waals surface area contributed by atoms with Crippen molar-refractivity contribution in [2.24, 2.45) is 0 Å². The van der Waals surface area contributed by atoms with Crippen molar-refractivity contribution in [2.75, 3.05) is 13.6 Å². The van der Waals surface area contributed by atoms with E-state index in [1.165, 1.54) is 22.3 Å². The van der Waals surface area contributed by atoms with Gasteiger partial charge in [0.05, 0.1) is 0 Å². The lowest BCUT2D eigenvalue weighted by atomic mass is 9.91. The maximum atomic E-state index is 3.32. The Balaban J connectivity index is 2.13. The van der Waals surface area contributed by atoms with Gasteiger partial charge in [-0.25, -0.2) is 0 Å². The second-order valence-electron chi connectivity index (χ2n) is 5.54. The van der Waals surface area contributed by atoms with Gasteiger partial charge >= 0.3 is 0 Å².